The highest BCUT2D eigenvalue weighted by Gasteiger charge is 2.01. The molecule has 0 amide bonds. The fraction of sp³-hybridized carbons (Fsp3) is 0.857. The van der Waals surface area contributed by atoms with Gasteiger partial charge in [0, 0.05) is 6.42 Å². The van der Waals surface area contributed by atoms with E-state index in [9.17, 15) is 9.90 Å². The molecule has 25 heavy (non-hydrogen) atoms. The Hall–Kier alpha value is -0.870. The lowest BCUT2D eigenvalue weighted by Crippen LogP contribution is -2.04. The van der Waals surface area contributed by atoms with Gasteiger partial charge in [0.1, 0.15) is 0 Å². The van der Waals surface area contributed by atoms with E-state index in [0.29, 0.717) is 6.42 Å². The molecule has 0 aliphatic rings. The summed E-state index contributed by atoms with van der Waals surface area (Å²) < 4.78 is 0. The van der Waals surface area contributed by atoms with Crippen LogP contribution in [0.3, 0.4) is 0 Å². The SMILES string of the molecule is CCCCCCC[C@@H](O)C/C=C\CCCCCCCCCC(=O)OO. The van der Waals surface area contributed by atoms with Gasteiger partial charge in [0.05, 0.1) is 6.10 Å². The maximum Gasteiger partial charge on any atom is 0.342 e. The van der Waals surface area contributed by atoms with E-state index in [-0.39, 0.29) is 6.10 Å². The highest BCUT2D eigenvalue weighted by Crippen LogP contribution is 2.12. The molecule has 4 nitrogen and oxygen atoms in total. The number of hydrogen-bond donors (Lipinski definition) is 2. The predicted molar refractivity (Wildman–Crippen MR) is 103 cm³/mol. The van der Waals surface area contributed by atoms with Crippen molar-refractivity contribution in [1.82, 2.24) is 0 Å². The van der Waals surface area contributed by atoms with Crippen LogP contribution in [0.5, 0.6) is 0 Å². The smallest absolute Gasteiger partial charge is 0.342 e. The lowest BCUT2D eigenvalue weighted by molar-refractivity contribution is -0.234. The molecule has 1 atom stereocenters. The van der Waals surface area contributed by atoms with Crippen molar-refractivity contribution in [2.75, 3.05) is 0 Å². The Morgan fingerprint density at radius 3 is 2.16 bits per heavy atom. The third-order valence-electron chi connectivity index (χ3n) is 4.57. The summed E-state index contributed by atoms with van der Waals surface area (Å²) in [6.07, 6.45) is 21.4. The molecule has 2 N–H and O–H groups in total. The lowest BCUT2D eigenvalue weighted by Gasteiger charge is -2.07. The molecule has 0 saturated carbocycles. The molecule has 0 bridgehead atoms. The van der Waals surface area contributed by atoms with Crippen LogP contribution in [-0.2, 0) is 9.68 Å². The molecule has 0 fully saturated rings. The standard InChI is InChI=1S/C21H40O4/c1-2-3-4-11-14-17-20(22)18-15-12-9-7-5-6-8-10-13-16-19-21(23)25-24/h12,15,20,22,24H,2-11,13-14,16-19H2,1H3/b15-12-/t20-/m1/s1. The number of hydrogen-bond acceptors (Lipinski definition) is 4. The summed E-state index contributed by atoms with van der Waals surface area (Å²) in [6.45, 7) is 2.22. The zero-order valence-electron chi connectivity index (χ0n) is 16.3. The molecule has 0 aromatic rings. The highest BCUT2D eigenvalue weighted by molar-refractivity contribution is 5.68. The first-order valence-corrected chi connectivity index (χ1v) is 10.4. The molecule has 0 saturated heterocycles. The monoisotopic (exact) mass is 356 g/mol. The summed E-state index contributed by atoms with van der Waals surface area (Å²) in [5.41, 5.74) is 0. The summed E-state index contributed by atoms with van der Waals surface area (Å²) in [6, 6.07) is 0. The number of aliphatic hydroxyl groups excluding tert-OH is 1. The molecular weight excluding hydrogens is 316 g/mol. The van der Waals surface area contributed by atoms with Crippen molar-refractivity contribution in [2.45, 2.75) is 116 Å². The van der Waals surface area contributed by atoms with Gasteiger partial charge in [-0.15, -0.1) is 0 Å². The van der Waals surface area contributed by atoms with Crippen LogP contribution >= 0.6 is 0 Å². The minimum Gasteiger partial charge on any atom is -0.393 e. The van der Waals surface area contributed by atoms with E-state index >= 15 is 0 Å². The van der Waals surface area contributed by atoms with E-state index in [1.807, 2.05) is 0 Å². The van der Waals surface area contributed by atoms with Gasteiger partial charge in [-0.25, -0.2) is 4.79 Å². The van der Waals surface area contributed by atoms with Gasteiger partial charge >= 0.3 is 5.97 Å². The Balaban J connectivity index is 3.25. The van der Waals surface area contributed by atoms with Crippen LogP contribution in [0.2, 0.25) is 0 Å². The molecule has 0 radical (unpaired) electrons. The van der Waals surface area contributed by atoms with Gasteiger partial charge in [-0.3, -0.25) is 0 Å². The van der Waals surface area contributed by atoms with Crippen molar-refractivity contribution in [3.63, 3.8) is 0 Å². The molecule has 0 aliphatic heterocycles. The summed E-state index contributed by atoms with van der Waals surface area (Å²) in [7, 11) is 0. The normalized spacial score (nSPS) is 12.6. The molecule has 0 heterocycles. The Morgan fingerprint density at radius 2 is 1.48 bits per heavy atom. The van der Waals surface area contributed by atoms with Crippen molar-refractivity contribution in [3.05, 3.63) is 12.2 Å². The van der Waals surface area contributed by atoms with E-state index in [1.54, 1.807) is 0 Å². The molecule has 0 unspecified atom stereocenters. The second-order valence-corrected chi connectivity index (χ2v) is 7.04. The first-order chi connectivity index (χ1) is 12.2. The summed E-state index contributed by atoms with van der Waals surface area (Å²) in [4.78, 5) is 14.3. The number of aliphatic hydroxyl groups is 1. The van der Waals surface area contributed by atoms with Crippen molar-refractivity contribution in [3.8, 4) is 0 Å². The average molecular weight is 357 g/mol. The molecule has 148 valence electrons. The molecular formula is C21H40O4. The van der Waals surface area contributed by atoms with Crippen LogP contribution in [0, 0.1) is 0 Å². The molecule has 0 aromatic carbocycles. The summed E-state index contributed by atoms with van der Waals surface area (Å²) in [5, 5.41) is 18.0. The highest BCUT2D eigenvalue weighted by atomic mass is 17.1. The number of carbonyl (C=O) groups is 1. The van der Waals surface area contributed by atoms with Gasteiger partial charge in [0.15, 0.2) is 0 Å². The minimum absolute atomic E-state index is 0.166. The van der Waals surface area contributed by atoms with Gasteiger partial charge in [-0.1, -0.05) is 83.3 Å². The zero-order chi connectivity index (χ0) is 18.6. The Bertz CT molecular complexity index is 315. The van der Waals surface area contributed by atoms with Crippen LogP contribution in [0.1, 0.15) is 110 Å². The lowest BCUT2D eigenvalue weighted by atomic mass is 10.1. The number of carbonyl (C=O) groups excluding carboxylic acids is 1. The fourth-order valence-electron chi connectivity index (χ4n) is 2.93. The molecule has 0 rings (SSSR count). The first-order valence-electron chi connectivity index (χ1n) is 10.4. The average Bonchev–Trinajstić information content (AvgIpc) is 2.62. The van der Waals surface area contributed by atoms with Crippen LogP contribution < -0.4 is 0 Å². The van der Waals surface area contributed by atoms with E-state index < -0.39 is 5.97 Å². The minimum atomic E-state index is -0.534. The fourth-order valence-corrected chi connectivity index (χ4v) is 2.93. The predicted octanol–water partition coefficient (Wildman–Crippen LogP) is 6.18. The van der Waals surface area contributed by atoms with Gasteiger partial charge in [0.2, 0.25) is 0 Å². The molecule has 4 heteroatoms. The van der Waals surface area contributed by atoms with Gasteiger partial charge < -0.3 is 9.99 Å². The van der Waals surface area contributed by atoms with Crippen molar-refractivity contribution < 1.29 is 20.0 Å². The molecule has 0 aliphatic carbocycles. The maximum absolute atomic E-state index is 10.7. The summed E-state index contributed by atoms with van der Waals surface area (Å²) >= 11 is 0. The van der Waals surface area contributed by atoms with Gasteiger partial charge in [-0.2, -0.15) is 5.26 Å². The molecule has 0 spiro atoms. The second kappa shape index (κ2) is 19.5. The Labute approximate surface area is 154 Å². The van der Waals surface area contributed by atoms with E-state index in [1.165, 1.54) is 51.4 Å². The van der Waals surface area contributed by atoms with Gasteiger partial charge in [0.25, 0.3) is 0 Å². The first kappa shape index (κ1) is 24.1. The van der Waals surface area contributed by atoms with Crippen molar-refractivity contribution in [2.24, 2.45) is 0 Å². The third kappa shape index (κ3) is 19.3. The van der Waals surface area contributed by atoms with Gasteiger partial charge in [-0.05, 0) is 32.1 Å². The zero-order valence-corrected chi connectivity index (χ0v) is 16.3. The van der Waals surface area contributed by atoms with E-state index in [4.69, 9.17) is 5.26 Å². The second-order valence-electron chi connectivity index (χ2n) is 7.04. The Morgan fingerprint density at radius 1 is 0.880 bits per heavy atom. The summed E-state index contributed by atoms with van der Waals surface area (Å²) in [5.74, 6) is -0.534. The number of rotatable bonds is 18. The van der Waals surface area contributed by atoms with Crippen molar-refractivity contribution >= 4 is 5.97 Å². The van der Waals surface area contributed by atoms with Crippen LogP contribution in [0.4, 0.5) is 0 Å². The van der Waals surface area contributed by atoms with Crippen LogP contribution in [0.25, 0.3) is 0 Å². The van der Waals surface area contributed by atoms with Crippen LogP contribution in [-0.4, -0.2) is 22.4 Å². The third-order valence-corrected chi connectivity index (χ3v) is 4.57. The topological polar surface area (TPSA) is 66.8 Å². The number of unbranched alkanes of at least 4 members (excludes halogenated alkanes) is 11. The van der Waals surface area contributed by atoms with Crippen LogP contribution in [0.15, 0.2) is 12.2 Å². The number of allylic oxidation sites excluding steroid dienone is 1. The van der Waals surface area contributed by atoms with E-state index in [0.717, 1.165) is 44.9 Å². The van der Waals surface area contributed by atoms with Crippen molar-refractivity contribution in [1.29, 1.82) is 0 Å². The van der Waals surface area contributed by atoms with E-state index in [2.05, 4.69) is 24.0 Å². The quantitative estimate of drug-likeness (QED) is 0.133. The molecule has 0 aromatic heterocycles. The Kier molecular flexibility index (Phi) is 18.8. The largest absolute Gasteiger partial charge is 0.393 e. The maximum atomic E-state index is 10.7.